The SMILES string of the molecule is CC1(C)COC(=O)N[C@H]1c1c(O)cc(O)cc1O. The monoisotopic (exact) mass is 253 g/mol. The molecule has 1 aliphatic rings. The van der Waals surface area contributed by atoms with E-state index in [-0.39, 0.29) is 29.4 Å². The highest BCUT2D eigenvalue weighted by Gasteiger charge is 2.40. The van der Waals surface area contributed by atoms with Gasteiger partial charge in [0, 0.05) is 17.5 Å². The zero-order valence-corrected chi connectivity index (χ0v) is 10.1. The van der Waals surface area contributed by atoms with Crippen molar-refractivity contribution >= 4 is 6.09 Å². The van der Waals surface area contributed by atoms with Crippen LogP contribution in [-0.4, -0.2) is 28.0 Å². The topological polar surface area (TPSA) is 99.0 Å². The summed E-state index contributed by atoms with van der Waals surface area (Å²) in [6.45, 7) is 3.84. The molecule has 0 saturated carbocycles. The molecule has 18 heavy (non-hydrogen) atoms. The van der Waals surface area contributed by atoms with Crippen molar-refractivity contribution in [2.75, 3.05) is 6.61 Å². The van der Waals surface area contributed by atoms with Gasteiger partial charge in [-0.1, -0.05) is 13.8 Å². The maximum Gasteiger partial charge on any atom is 0.407 e. The molecule has 0 unspecified atom stereocenters. The number of hydrogen-bond acceptors (Lipinski definition) is 5. The van der Waals surface area contributed by atoms with E-state index >= 15 is 0 Å². The van der Waals surface area contributed by atoms with Gasteiger partial charge in [-0.3, -0.25) is 0 Å². The molecule has 2 rings (SSSR count). The van der Waals surface area contributed by atoms with Crippen molar-refractivity contribution < 1.29 is 24.9 Å². The zero-order valence-electron chi connectivity index (χ0n) is 10.1. The first-order valence-electron chi connectivity index (χ1n) is 5.49. The van der Waals surface area contributed by atoms with E-state index < -0.39 is 17.6 Å². The third-order valence-electron chi connectivity index (χ3n) is 3.03. The first kappa shape index (κ1) is 12.3. The van der Waals surface area contributed by atoms with Crippen LogP contribution in [0.4, 0.5) is 4.79 Å². The van der Waals surface area contributed by atoms with E-state index in [1.54, 1.807) is 0 Å². The highest BCUT2D eigenvalue weighted by Crippen LogP contribution is 2.45. The van der Waals surface area contributed by atoms with Crippen LogP contribution in [0.25, 0.3) is 0 Å². The van der Waals surface area contributed by atoms with Crippen LogP contribution in [0.1, 0.15) is 25.5 Å². The molecule has 0 spiro atoms. The molecule has 6 nitrogen and oxygen atoms in total. The molecule has 1 fully saturated rings. The van der Waals surface area contributed by atoms with E-state index in [1.165, 1.54) is 0 Å². The number of phenolic OH excluding ortho intramolecular Hbond substituents is 3. The van der Waals surface area contributed by atoms with Gasteiger partial charge in [0.05, 0.1) is 11.6 Å². The molecular weight excluding hydrogens is 238 g/mol. The number of benzene rings is 1. The summed E-state index contributed by atoms with van der Waals surface area (Å²) in [5, 5.41) is 31.5. The Balaban J connectivity index is 2.49. The van der Waals surface area contributed by atoms with Crippen LogP contribution in [0.3, 0.4) is 0 Å². The highest BCUT2D eigenvalue weighted by molar-refractivity contribution is 5.70. The Bertz CT molecular complexity index is 474. The summed E-state index contributed by atoms with van der Waals surface area (Å²) in [7, 11) is 0. The predicted octanol–water partition coefficient (Wildman–Crippen LogP) is 1.61. The minimum Gasteiger partial charge on any atom is -0.508 e. The van der Waals surface area contributed by atoms with E-state index in [9.17, 15) is 20.1 Å². The number of carbonyl (C=O) groups excluding carboxylic acids is 1. The average Bonchev–Trinajstić information content (AvgIpc) is 2.22. The van der Waals surface area contributed by atoms with Crippen LogP contribution in [0, 0.1) is 5.41 Å². The first-order valence-corrected chi connectivity index (χ1v) is 5.49. The second-order valence-electron chi connectivity index (χ2n) is 5.04. The summed E-state index contributed by atoms with van der Waals surface area (Å²) in [5.41, 5.74) is -0.325. The molecule has 0 bridgehead atoms. The Morgan fingerprint density at radius 3 is 2.39 bits per heavy atom. The van der Waals surface area contributed by atoms with Crippen molar-refractivity contribution in [3.8, 4) is 17.2 Å². The number of alkyl carbamates (subject to hydrolysis) is 1. The summed E-state index contributed by atoms with van der Waals surface area (Å²) in [6.07, 6.45) is -0.605. The van der Waals surface area contributed by atoms with Crippen LogP contribution in [0.5, 0.6) is 17.2 Å². The number of nitrogens with one attached hydrogen (secondary N) is 1. The number of carbonyl (C=O) groups is 1. The Morgan fingerprint density at radius 2 is 1.83 bits per heavy atom. The van der Waals surface area contributed by atoms with Gasteiger partial charge in [-0.25, -0.2) is 4.79 Å². The number of rotatable bonds is 1. The minimum atomic E-state index is -0.605. The van der Waals surface area contributed by atoms with Crippen molar-refractivity contribution in [3.63, 3.8) is 0 Å². The standard InChI is InChI=1S/C12H15NO5/c1-12(2)5-18-11(17)13-10(12)9-7(15)3-6(14)4-8(9)16/h3-4,10,14-16H,5H2,1-2H3,(H,13,17)/t10-/m0/s1. The lowest BCUT2D eigenvalue weighted by molar-refractivity contribution is 0.0375. The third-order valence-corrected chi connectivity index (χ3v) is 3.03. The number of amides is 1. The fraction of sp³-hybridized carbons (Fsp3) is 0.417. The third kappa shape index (κ3) is 2.01. The smallest absolute Gasteiger partial charge is 0.407 e. The van der Waals surface area contributed by atoms with Gasteiger partial charge < -0.3 is 25.4 Å². The number of hydrogen-bond donors (Lipinski definition) is 4. The largest absolute Gasteiger partial charge is 0.508 e. The molecule has 0 radical (unpaired) electrons. The van der Waals surface area contributed by atoms with Gasteiger partial charge in [-0.2, -0.15) is 0 Å². The van der Waals surface area contributed by atoms with Crippen LogP contribution in [0.15, 0.2) is 12.1 Å². The Hall–Kier alpha value is -2.11. The maximum atomic E-state index is 11.3. The second-order valence-corrected chi connectivity index (χ2v) is 5.04. The summed E-state index contributed by atoms with van der Waals surface area (Å²) in [5.74, 6) is -0.787. The second kappa shape index (κ2) is 3.97. The molecule has 98 valence electrons. The summed E-state index contributed by atoms with van der Waals surface area (Å²) in [4.78, 5) is 11.3. The van der Waals surface area contributed by atoms with Gasteiger partial charge in [-0.05, 0) is 0 Å². The minimum absolute atomic E-state index is 0.170. The van der Waals surface area contributed by atoms with Gasteiger partial charge in [0.15, 0.2) is 0 Å². The number of ether oxygens (including phenoxy) is 1. The van der Waals surface area contributed by atoms with Crippen molar-refractivity contribution in [1.82, 2.24) is 5.32 Å². The van der Waals surface area contributed by atoms with Crippen molar-refractivity contribution in [3.05, 3.63) is 17.7 Å². The highest BCUT2D eigenvalue weighted by atomic mass is 16.6. The Labute approximate surface area is 104 Å². The van der Waals surface area contributed by atoms with Gasteiger partial charge in [0.1, 0.15) is 23.9 Å². The first-order chi connectivity index (χ1) is 8.31. The fourth-order valence-electron chi connectivity index (χ4n) is 2.06. The quantitative estimate of drug-likeness (QED) is 0.609. The molecule has 4 N–H and O–H groups in total. The molecule has 1 aromatic rings. The lowest BCUT2D eigenvalue weighted by atomic mass is 9.79. The van der Waals surface area contributed by atoms with Crippen molar-refractivity contribution in [2.45, 2.75) is 19.9 Å². The molecule has 6 heteroatoms. The normalized spacial score (nSPS) is 22.1. The van der Waals surface area contributed by atoms with E-state index in [0.717, 1.165) is 12.1 Å². The summed E-state index contributed by atoms with van der Waals surface area (Å²) in [6, 6.07) is 1.64. The molecule has 0 aromatic heterocycles. The van der Waals surface area contributed by atoms with Crippen LogP contribution in [-0.2, 0) is 4.74 Å². The van der Waals surface area contributed by atoms with Crippen LogP contribution >= 0.6 is 0 Å². The fourth-order valence-corrected chi connectivity index (χ4v) is 2.06. The lowest BCUT2D eigenvalue weighted by Crippen LogP contribution is -2.46. The lowest BCUT2D eigenvalue weighted by Gasteiger charge is -2.38. The Morgan fingerprint density at radius 1 is 1.28 bits per heavy atom. The predicted molar refractivity (Wildman–Crippen MR) is 62.4 cm³/mol. The molecule has 1 aliphatic heterocycles. The van der Waals surface area contributed by atoms with E-state index in [0.29, 0.717) is 0 Å². The molecule has 1 heterocycles. The number of cyclic esters (lactones) is 1. The van der Waals surface area contributed by atoms with E-state index in [4.69, 9.17) is 4.74 Å². The van der Waals surface area contributed by atoms with Crippen molar-refractivity contribution in [2.24, 2.45) is 5.41 Å². The maximum absolute atomic E-state index is 11.3. The Kier molecular flexibility index (Phi) is 2.73. The number of aromatic hydroxyl groups is 3. The molecule has 1 amide bonds. The molecular formula is C12H15NO5. The van der Waals surface area contributed by atoms with Crippen LogP contribution < -0.4 is 5.32 Å². The van der Waals surface area contributed by atoms with Gasteiger partial charge in [0.25, 0.3) is 0 Å². The summed E-state index contributed by atoms with van der Waals surface area (Å²) >= 11 is 0. The average molecular weight is 253 g/mol. The molecule has 1 aromatic carbocycles. The molecule has 0 aliphatic carbocycles. The van der Waals surface area contributed by atoms with E-state index in [2.05, 4.69) is 5.32 Å². The van der Waals surface area contributed by atoms with Gasteiger partial charge in [0.2, 0.25) is 0 Å². The van der Waals surface area contributed by atoms with E-state index in [1.807, 2.05) is 13.8 Å². The molecule has 1 atom stereocenters. The molecule has 1 saturated heterocycles. The van der Waals surface area contributed by atoms with Gasteiger partial charge in [-0.15, -0.1) is 0 Å². The summed E-state index contributed by atoms with van der Waals surface area (Å²) < 4.78 is 4.89. The van der Waals surface area contributed by atoms with Gasteiger partial charge >= 0.3 is 6.09 Å². The van der Waals surface area contributed by atoms with Crippen molar-refractivity contribution in [1.29, 1.82) is 0 Å². The zero-order chi connectivity index (χ0) is 13.5. The number of phenols is 3. The van der Waals surface area contributed by atoms with Crippen LogP contribution in [0.2, 0.25) is 0 Å².